The maximum absolute atomic E-state index is 11.6. The third-order valence-electron chi connectivity index (χ3n) is 5.71. The smallest absolute Gasteiger partial charge is 0.323 e. The molecular formula is C20H20N2O5. The number of ether oxygens (including phenoxy) is 1. The second kappa shape index (κ2) is 5.70. The lowest BCUT2D eigenvalue weighted by Gasteiger charge is -2.47. The average molecular weight is 368 g/mol. The monoisotopic (exact) mass is 368 g/mol. The number of carboxylic acids is 1. The highest BCUT2D eigenvalue weighted by Gasteiger charge is 2.59. The minimum absolute atomic E-state index is 0.161. The Kier molecular flexibility index (Phi) is 3.66. The molecule has 2 heterocycles. The molecule has 0 fully saturated rings. The maximum atomic E-state index is 11.6. The molecule has 0 saturated carbocycles. The molecule has 1 spiro atoms. The van der Waals surface area contributed by atoms with Crippen LogP contribution in [0.5, 0.6) is 0 Å². The summed E-state index contributed by atoms with van der Waals surface area (Å²) in [5.74, 6) is -0.280. The normalized spacial score (nSPS) is 25.0. The Morgan fingerprint density at radius 2 is 2.07 bits per heavy atom. The van der Waals surface area contributed by atoms with Crippen molar-refractivity contribution in [3.63, 3.8) is 0 Å². The third kappa shape index (κ3) is 2.38. The van der Waals surface area contributed by atoms with Crippen molar-refractivity contribution in [1.29, 1.82) is 0 Å². The van der Waals surface area contributed by atoms with Crippen LogP contribution in [0, 0.1) is 10.1 Å². The first-order valence-electron chi connectivity index (χ1n) is 8.81. The van der Waals surface area contributed by atoms with Crippen molar-refractivity contribution in [1.82, 2.24) is 0 Å². The van der Waals surface area contributed by atoms with Gasteiger partial charge in [-0.25, -0.2) is 0 Å². The van der Waals surface area contributed by atoms with Gasteiger partial charge in [0.2, 0.25) is 11.4 Å². The van der Waals surface area contributed by atoms with Gasteiger partial charge in [0.1, 0.15) is 12.3 Å². The molecule has 0 amide bonds. The Labute approximate surface area is 156 Å². The summed E-state index contributed by atoms with van der Waals surface area (Å²) < 4.78 is 6.47. The van der Waals surface area contributed by atoms with Crippen LogP contribution in [-0.4, -0.2) is 28.3 Å². The fourth-order valence-electron chi connectivity index (χ4n) is 4.30. The Morgan fingerprint density at radius 3 is 2.78 bits per heavy atom. The van der Waals surface area contributed by atoms with Crippen molar-refractivity contribution in [2.75, 3.05) is 11.4 Å². The summed E-state index contributed by atoms with van der Waals surface area (Å²) in [6.07, 6.45) is 5.92. The highest BCUT2D eigenvalue weighted by atomic mass is 16.6. The molecule has 0 unspecified atom stereocenters. The van der Waals surface area contributed by atoms with Crippen molar-refractivity contribution in [3.05, 3.63) is 75.2 Å². The van der Waals surface area contributed by atoms with Crippen LogP contribution in [0.15, 0.2) is 59.5 Å². The second-order valence-corrected chi connectivity index (χ2v) is 7.53. The van der Waals surface area contributed by atoms with E-state index in [1.807, 2.05) is 50.3 Å². The summed E-state index contributed by atoms with van der Waals surface area (Å²) >= 11 is 0. The fourth-order valence-corrected chi connectivity index (χ4v) is 4.30. The average Bonchev–Trinajstić information content (AvgIpc) is 2.80. The van der Waals surface area contributed by atoms with Gasteiger partial charge in [-0.1, -0.05) is 18.2 Å². The van der Waals surface area contributed by atoms with E-state index in [9.17, 15) is 20.0 Å². The van der Waals surface area contributed by atoms with Gasteiger partial charge in [-0.05, 0) is 37.6 Å². The first kappa shape index (κ1) is 17.3. The summed E-state index contributed by atoms with van der Waals surface area (Å²) in [6.45, 7) is 3.86. The van der Waals surface area contributed by atoms with E-state index in [1.165, 1.54) is 0 Å². The topological polar surface area (TPSA) is 92.9 Å². The Hall–Kier alpha value is -3.09. The molecule has 140 valence electrons. The predicted octanol–water partition coefficient (Wildman–Crippen LogP) is 3.36. The van der Waals surface area contributed by atoms with E-state index < -0.39 is 17.1 Å². The zero-order valence-electron chi connectivity index (χ0n) is 15.1. The van der Waals surface area contributed by atoms with Crippen molar-refractivity contribution >= 4 is 11.7 Å². The lowest BCUT2D eigenvalue weighted by Crippen LogP contribution is -2.58. The van der Waals surface area contributed by atoms with Crippen LogP contribution in [0.2, 0.25) is 0 Å². The number of para-hydroxylation sites is 1. The van der Waals surface area contributed by atoms with E-state index in [4.69, 9.17) is 4.74 Å². The van der Waals surface area contributed by atoms with Gasteiger partial charge in [0.05, 0.1) is 10.3 Å². The number of rotatable bonds is 3. The van der Waals surface area contributed by atoms with E-state index >= 15 is 0 Å². The molecular weight excluding hydrogens is 348 g/mol. The summed E-state index contributed by atoms with van der Waals surface area (Å²) in [5, 5.41) is 20.6. The molecule has 2 aliphatic heterocycles. The van der Waals surface area contributed by atoms with Gasteiger partial charge in [0, 0.05) is 30.2 Å². The number of anilines is 1. The highest BCUT2D eigenvalue weighted by molar-refractivity contribution is 5.79. The number of carboxylic acid groups (broad SMARTS) is 1. The first-order chi connectivity index (χ1) is 12.8. The number of nitrogens with zero attached hydrogens (tertiary/aromatic N) is 2. The summed E-state index contributed by atoms with van der Waals surface area (Å²) in [5.41, 5.74) is 1.18. The van der Waals surface area contributed by atoms with Crippen LogP contribution in [0.3, 0.4) is 0 Å². The number of benzene rings is 1. The first-order valence-corrected chi connectivity index (χ1v) is 8.81. The lowest BCUT2D eigenvalue weighted by atomic mass is 9.76. The second-order valence-electron chi connectivity index (χ2n) is 7.53. The van der Waals surface area contributed by atoms with Gasteiger partial charge in [-0.3, -0.25) is 14.9 Å². The summed E-state index contributed by atoms with van der Waals surface area (Å²) in [6, 6.07) is 7.71. The van der Waals surface area contributed by atoms with E-state index in [1.54, 1.807) is 11.0 Å². The van der Waals surface area contributed by atoms with Crippen molar-refractivity contribution in [2.45, 2.75) is 37.8 Å². The molecule has 27 heavy (non-hydrogen) atoms. The molecule has 7 heteroatoms. The van der Waals surface area contributed by atoms with Crippen LogP contribution in [0.25, 0.3) is 0 Å². The van der Waals surface area contributed by atoms with Crippen LogP contribution < -0.4 is 4.90 Å². The van der Waals surface area contributed by atoms with Crippen LogP contribution in [0.1, 0.15) is 32.3 Å². The van der Waals surface area contributed by atoms with Crippen LogP contribution >= 0.6 is 0 Å². The van der Waals surface area contributed by atoms with E-state index in [-0.39, 0.29) is 17.2 Å². The molecule has 1 aromatic carbocycles. The zero-order valence-corrected chi connectivity index (χ0v) is 15.1. The molecule has 1 N–H and O–H groups in total. The molecule has 0 saturated heterocycles. The molecule has 0 aromatic heterocycles. The number of hydrogen-bond acceptors (Lipinski definition) is 5. The predicted molar refractivity (Wildman–Crippen MR) is 98.7 cm³/mol. The Morgan fingerprint density at radius 1 is 1.33 bits per heavy atom. The quantitative estimate of drug-likeness (QED) is 0.650. The summed E-state index contributed by atoms with van der Waals surface area (Å²) in [7, 11) is 0. The number of aliphatic carboxylic acids is 1. The SMILES string of the molecule is CC1(C)c2ccccc2N(CC(=O)O)[C@@]12C=CC1=C(CCC([N+](=O)[O-])=C1)O2. The Balaban J connectivity index is 1.82. The van der Waals surface area contributed by atoms with Gasteiger partial charge in [-0.2, -0.15) is 0 Å². The largest absolute Gasteiger partial charge is 0.480 e. The van der Waals surface area contributed by atoms with Crippen molar-refractivity contribution in [3.8, 4) is 0 Å². The Bertz CT molecular complexity index is 943. The summed E-state index contributed by atoms with van der Waals surface area (Å²) in [4.78, 5) is 24.1. The molecule has 1 aliphatic carbocycles. The number of fused-ring (bicyclic) bond motifs is 1. The molecule has 4 rings (SSSR count). The van der Waals surface area contributed by atoms with E-state index in [0.29, 0.717) is 24.2 Å². The molecule has 1 aromatic rings. The number of allylic oxidation sites excluding steroid dienone is 5. The molecule has 0 bridgehead atoms. The van der Waals surface area contributed by atoms with E-state index in [2.05, 4.69) is 0 Å². The van der Waals surface area contributed by atoms with Crippen molar-refractivity contribution in [2.24, 2.45) is 0 Å². The molecule has 7 nitrogen and oxygen atoms in total. The highest BCUT2D eigenvalue weighted by Crippen LogP contribution is 2.55. The third-order valence-corrected chi connectivity index (χ3v) is 5.71. The zero-order chi connectivity index (χ0) is 19.4. The number of nitro groups is 1. The molecule has 0 radical (unpaired) electrons. The van der Waals surface area contributed by atoms with Gasteiger partial charge < -0.3 is 14.7 Å². The van der Waals surface area contributed by atoms with Gasteiger partial charge in [0.15, 0.2) is 0 Å². The van der Waals surface area contributed by atoms with Gasteiger partial charge >= 0.3 is 5.97 Å². The number of hydrogen-bond donors (Lipinski definition) is 1. The maximum Gasteiger partial charge on any atom is 0.323 e. The van der Waals surface area contributed by atoms with Gasteiger partial charge in [0.25, 0.3) is 0 Å². The fraction of sp³-hybridized carbons (Fsp3) is 0.350. The molecule has 3 aliphatic rings. The van der Waals surface area contributed by atoms with Crippen LogP contribution in [-0.2, 0) is 14.9 Å². The van der Waals surface area contributed by atoms with Gasteiger partial charge in [-0.15, -0.1) is 0 Å². The van der Waals surface area contributed by atoms with Crippen molar-refractivity contribution < 1.29 is 19.6 Å². The van der Waals surface area contributed by atoms with E-state index in [0.717, 1.165) is 11.3 Å². The lowest BCUT2D eigenvalue weighted by molar-refractivity contribution is -0.428. The standard InChI is InChI=1S/C20H20N2O5/c1-19(2)15-5-3-4-6-16(15)21(12-18(23)24)20(19)10-9-13-11-14(22(25)26)7-8-17(13)27-20/h3-6,9-11H,7-8,12H2,1-2H3,(H,23,24)/t20-/m1/s1. The molecule has 1 atom stereocenters. The number of carbonyl (C=O) groups is 1. The van der Waals surface area contributed by atoms with Crippen LogP contribution in [0.4, 0.5) is 5.69 Å². The minimum Gasteiger partial charge on any atom is -0.480 e. The minimum atomic E-state index is -0.992.